The molecule has 0 fully saturated rings. The molecule has 0 aliphatic rings. The molecule has 2 unspecified atom stereocenters. The van der Waals surface area contributed by atoms with Crippen LogP contribution in [0.1, 0.15) is 71.2 Å². The molecule has 194 valence electrons. The number of rotatable bonds is 8. The van der Waals surface area contributed by atoms with E-state index in [1.807, 2.05) is 75.4 Å². The van der Waals surface area contributed by atoms with Gasteiger partial charge in [-0.05, 0) is 71.2 Å². The summed E-state index contributed by atoms with van der Waals surface area (Å²) in [5, 5.41) is 5.60. The van der Waals surface area contributed by atoms with Gasteiger partial charge in [-0.3, -0.25) is 9.59 Å². The predicted molar refractivity (Wildman–Crippen MR) is 143 cm³/mol. The number of ether oxygens (including phenoxy) is 1. The zero-order valence-electron chi connectivity index (χ0n) is 22.4. The standard InChI is InChI=1S/C29H39N3O4/c1-9-21-16-13-17-23(18-21)24(25(33)30-19-22-14-11-10-12-15-22)32(28(3,4)5)26(34)20(2)31-27(35)36-29(6,7)8/h9-18,20,24H,1,19H2,2-8H3,(H,30,33)(H,31,35). The Labute approximate surface area is 214 Å². The van der Waals surface area contributed by atoms with Crippen LogP contribution >= 0.6 is 0 Å². The molecule has 2 atom stereocenters. The molecule has 0 saturated carbocycles. The van der Waals surface area contributed by atoms with E-state index in [0.29, 0.717) is 12.1 Å². The largest absolute Gasteiger partial charge is 0.444 e. The zero-order chi connectivity index (χ0) is 27.1. The molecule has 2 rings (SSSR count). The zero-order valence-corrected chi connectivity index (χ0v) is 22.4. The molecular weight excluding hydrogens is 454 g/mol. The first-order valence-electron chi connectivity index (χ1n) is 12.1. The van der Waals surface area contributed by atoms with Crippen molar-refractivity contribution in [2.24, 2.45) is 0 Å². The van der Waals surface area contributed by atoms with Gasteiger partial charge in [0.05, 0.1) is 0 Å². The van der Waals surface area contributed by atoms with Gasteiger partial charge in [0.1, 0.15) is 17.7 Å². The van der Waals surface area contributed by atoms with E-state index in [-0.39, 0.29) is 5.91 Å². The number of hydrogen-bond donors (Lipinski definition) is 2. The average molecular weight is 494 g/mol. The molecule has 2 N–H and O–H groups in total. The Hall–Kier alpha value is -3.61. The molecule has 0 bridgehead atoms. The van der Waals surface area contributed by atoms with Crippen molar-refractivity contribution in [2.75, 3.05) is 0 Å². The first kappa shape index (κ1) is 28.6. The normalized spacial score (nSPS) is 13.2. The van der Waals surface area contributed by atoms with Gasteiger partial charge in [0.2, 0.25) is 11.8 Å². The van der Waals surface area contributed by atoms with Crippen LogP contribution in [0.3, 0.4) is 0 Å². The fourth-order valence-corrected chi connectivity index (χ4v) is 3.76. The highest BCUT2D eigenvalue weighted by Crippen LogP contribution is 2.31. The first-order valence-corrected chi connectivity index (χ1v) is 12.1. The summed E-state index contributed by atoms with van der Waals surface area (Å²) in [5.41, 5.74) is 0.958. The summed E-state index contributed by atoms with van der Waals surface area (Å²) in [4.78, 5) is 41.4. The minimum Gasteiger partial charge on any atom is -0.444 e. The Morgan fingerprint density at radius 3 is 2.19 bits per heavy atom. The van der Waals surface area contributed by atoms with E-state index < -0.39 is 35.2 Å². The predicted octanol–water partition coefficient (Wildman–Crippen LogP) is 5.23. The highest BCUT2D eigenvalue weighted by Gasteiger charge is 2.40. The van der Waals surface area contributed by atoms with Crippen molar-refractivity contribution in [1.29, 1.82) is 0 Å². The van der Waals surface area contributed by atoms with Crippen molar-refractivity contribution in [3.05, 3.63) is 77.9 Å². The topological polar surface area (TPSA) is 87.7 Å². The summed E-state index contributed by atoms with van der Waals surface area (Å²) in [6, 6.07) is 15.1. The fraction of sp³-hybridized carbons (Fsp3) is 0.414. The summed E-state index contributed by atoms with van der Waals surface area (Å²) in [7, 11) is 0. The van der Waals surface area contributed by atoms with Crippen molar-refractivity contribution in [3.8, 4) is 0 Å². The number of hydrogen-bond acceptors (Lipinski definition) is 4. The van der Waals surface area contributed by atoms with Crippen LogP contribution in [0.5, 0.6) is 0 Å². The number of nitrogens with zero attached hydrogens (tertiary/aromatic N) is 1. The molecule has 3 amide bonds. The van der Waals surface area contributed by atoms with Crippen LogP contribution in [0.15, 0.2) is 61.2 Å². The lowest BCUT2D eigenvalue weighted by Crippen LogP contribution is -2.57. The van der Waals surface area contributed by atoms with Crippen LogP contribution in [0, 0.1) is 0 Å². The number of nitrogens with one attached hydrogen (secondary N) is 2. The molecular formula is C29H39N3O4. The molecule has 7 nitrogen and oxygen atoms in total. The van der Waals surface area contributed by atoms with Gasteiger partial charge in [0.25, 0.3) is 0 Å². The lowest BCUT2D eigenvalue weighted by Gasteiger charge is -2.42. The van der Waals surface area contributed by atoms with E-state index in [0.717, 1.165) is 11.1 Å². The van der Waals surface area contributed by atoms with Crippen LogP contribution in [0.4, 0.5) is 4.79 Å². The Bertz CT molecular complexity index is 1070. The van der Waals surface area contributed by atoms with Crippen LogP contribution in [0.2, 0.25) is 0 Å². The van der Waals surface area contributed by atoms with Crippen LogP contribution in [-0.2, 0) is 20.9 Å². The number of benzene rings is 2. The highest BCUT2D eigenvalue weighted by atomic mass is 16.6. The van der Waals surface area contributed by atoms with Gasteiger partial charge in [0, 0.05) is 12.1 Å². The quantitative estimate of drug-likeness (QED) is 0.527. The second-order valence-electron chi connectivity index (χ2n) is 10.7. The molecule has 0 saturated heterocycles. The second kappa shape index (κ2) is 11.9. The molecule has 2 aromatic rings. The van der Waals surface area contributed by atoms with E-state index in [1.54, 1.807) is 33.8 Å². The number of amides is 3. The van der Waals surface area contributed by atoms with Crippen LogP contribution < -0.4 is 10.6 Å². The minimum absolute atomic E-state index is 0.315. The smallest absolute Gasteiger partial charge is 0.408 e. The van der Waals surface area contributed by atoms with Gasteiger partial charge in [-0.15, -0.1) is 0 Å². The van der Waals surface area contributed by atoms with E-state index >= 15 is 0 Å². The van der Waals surface area contributed by atoms with Crippen LogP contribution in [0.25, 0.3) is 6.08 Å². The van der Waals surface area contributed by atoms with Crippen molar-refractivity contribution >= 4 is 24.0 Å². The average Bonchev–Trinajstić information content (AvgIpc) is 2.79. The molecule has 0 heterocycles. The lowest BCUT2D eigenvalue weighted by molar-refractivity contribution is -0.148. The third-order valence-corrected chi connectivity index (χ3v) is 5.34. The lowest BCUT2D eigenvalue weighted by atomic mass is 9.94. The summed E-state index contributed by atoms with van der Waals surface area (Å²) in [6.07, 6.45) is 0.995. The molecule has 0 aliphatic carbocycles. The van der Waals surface area contributed by atoms with Gasteiger partial charge in [-0.1, -0.05) is 61.2 Å². The fourth-order valence-electron chi connectivity index (χ4n) is 3.76. The SMILES string of the molecule is C=Cc1cccc(C(C(=O)NCc2ccccc2)N(C(=O)C(C)NC(=O)OC(C)(C)C)C(C)(C)C)c1. The maximum absolute atomic E-state index is 13.8. The van der Waals surface area contributed by atoms with Gasteiger partial charge in [0.15, 0.2) is 0 Å². The number of carbonyl (C=O) groups is 3. The third-order valence-electron chi connectivity index (χ3n) is 5.34. The maximum Gasteiger partial charge on any atom is 0.408 e. The summed E-state index contributed by atoms with van der Waals surface area (Å²) >= 11 is 0. The van der Waals surface area contributed by atoms with E-state index in [9.17, 15) is 14.4 Å². The van der Waals surface area contributed by atoms with Gasteiger partial charge in [-0.25, -0.2) is 4.79 Å². The monoisotopic (exact) mass is 493 g/mol. The molecule has 0 aromatic heterocycles. The van der Waals surface area contributed by atoms with E-state index in [2.05, 4.69) is 17.2 Å². The van der Waals surface area contributed by atoms with Crippen LogP contribution in [-0.4, -0.2) is 40.0 Å². The molecule has 2 aromatic carbocycles. The van der Waals surface area contributed by atoms with Crippen molar-refractivity contribution in [3.63, 3.8) is 0 Å². The van der Waals surface area contributed by atoms with E-state index in [1.165, 1.54) is 4.90 Å². The van der Waals surface area contributed by atoms with Crippen molar-refractivity contribution in [2.45, 2.75) is 78.2 Å². The van der Waals surface area contributed by atoms with Crippen molar-refractivity contribution < 1.29 is 19.1 Å². The minimum atomic E-state index is -0.941. The first-order chi connectivity index (χ1) is 16.7. The number of carbonyl (C=O) groups excluding carboxylic acids is 3. The second-order valence-corrected chi connectivity index (χ2v) is 10.7. The molecule has 7 heteroatoms. The van der Waals surface area contributed by atoms with E-state index in [4.69, 9.17) is 4.74 Å². The molecule has 36 heavy (non-hydrogen) atoms. The third kappa shape index (κ3) is 8.26. The highest BCUT2D eigenvalue weighted by molar-refractivity contribution is 5.92. The number of alkyl carbamates (subject to hydrolysis) is 1. The summed E-state index contributed by atoms with van der Waals surface area (Å²) < 4.78 is 5.32. The maximum atomic E-state index is 13.8. The Morgan fingerprint density at radius 1 is 1.00 bits per heavy atom. The summed E-state index contributed by atoms with van der Waals surface area (Å²) in [6.45, 7) is 16.6. The molecule has 0 spiro atoms. The Balaban J connectivity index is 2.44. The van der Waals surface area contributed by atoms with Gasteiger partial charge >= 0.3 is 6.09 Å². The molecule has 0 aliphatic heterocycles. The van der Waals surface area contributed by atoms with Gasteiger partial charge in [-0.2, -0.15) is 0 Å². The Kier molecular flexibility index (Phi) is 9.45. The van der Waals surface area contributed by atoms with Gasteiger partial charge < -0.3 is 20.3 Å². The molecule has 0 radical (unpaired) electrons. The Morgan fingerprint density at radius 2 is 1.64 bits per heavy atom. The van der Waals surface area contributed by atoms with Crippen molar-refractivity contribution in [1.82, 2.24) is 15.5 Å². The summed E-state index contributed by atoms with van der Waals surface area (Å²) in [5.74, 6) is -0.731.